The van der Waals surface area contributed by atoms with Crippen LogP contribution in [0.5, 0.6) is 0 Å². The van der Waals surface area contributed by atoms with Crippen LogP contribution in [0.25, 0.3) is 0 Å². The Kier molecular flexibility index (Phi) is 7.53. The third kappa shape index (κ3) is 5.04. The molecular weight excluding hydrogens is 509 g/mol. The summed E-state index contributed by atoms with van der Waals surface area (Å²) < 4.78 is 19.1. The summed E-state index contributed by atoms with van der Waals surface area (Å²) in [6.45, 7) is 0.355. The average Bonchev–Trinajstić information content (AvgIpc) is 3.29. The van der Waals surface area contributed by atoms with Gasteiger partial charge in [0.2, 0.25) is 5.78 Å². The van der Waals surface area contributed by atoms with Crippen LogP contribution in [0.2, 0.25) is 5.02 Å². The average molecular weight is 532 g/mol. The van der Waals surface area contributed by atoms with Crippen molar-refractivity contribution in [2.24, 2.45) is 0 Å². The highest BCUT2D eigenvalue weighted by atomic mass is 35.5. The van der Waals surface area contributed by atoms with E-state index in [1.807, 2.05) is 0 Å². The van der Waals surface area contributed by atoms with Crippen LogP contribution in [0.4, 0.5) is 15.8 Å². The minimum Gasteiger partial charge on any atom is -0.467 e. The van der Waals surface area contributed by atoms with E-state index in [9.17, 15) is 33.7 Å². The van der Waals surface area contributed by atoms with E-state index in [1.165, 1.54) is 29.0 Å². The van der Waals surface area contributed by atoms with Crippen LogP contribution in [0.15, 0.2) is 36.4 Å². The summed E-state index contributed by atoms with van der Waals surface area (Å²) in [5.41, 5.74) is 0.115. The van der Waals surface area contributed by atoms with Crippen LogP contribution >= 0.6 is 11.6 Å². The molecule has 2 amide bonds. The van der Waals surface area contributed by atoms with Crippen LogP contribution in [0.1, 0.15) is 47.5 Å². The zero-order valence-electron chi connectivity index (χ0n) is 19.8. The summed E-state index contributed by atoms with van der Waals surface area (Å²) in [4.78, 5) is 65.0. The number of methoxy groups -OCH3 is 1. The number of anilines is 1. The zero-order chi connectivity index (χ0) is 26.9. The first kappa shape index (κ1) is 26.2. The molecule has 10 nitrogen and oxygen atoms in total. The van der Waals surface area contributed by atoms with Gasteiger partial charge in [0.15, 0.2) is 0 Å². The highest BCUT2D eigenvalue weighted by Crippen LogP contribution is 2.38. The Morgan fingerprint density at radius 1 is 1.08 bits per heavy atom. The summed E-state index contributed by atoms with van der Waals surface area (Å²) in [6, 6.07) is 6.21. The summed E-state index contributed by atoms with van der Waals surface area (Å²) in [6.07, 6.45) is 1.37. The van der Waals surface area contributed by atoms with Gasteiger partial charge < -0.3 is 14.5 Å². The molecule has 2 aliphatic rings. The number of Topliss-reactive ketones (excluding diaryl/α,β-unsaturated/α-hetero) is 1. The number of non-ortho nitro benzene ring substituents is 1. The SMILES string of the molecule is COC(=O)[C@@H]1CCCN1C(=O)C(=O)C1CCCN(C(=O)c2ccc([N+](=O)[O-])cc2Cl)c2ccc(F)cc21. The fourth-order valence-corrected chi connectivity index (χ4v) is 5.14. The molecule has 0 spiro atoms. The second-order valence-electron chi connectivity index (χ2n) is 8.82. The number of hydrogen-bond acceptors (Lipinski definition) is 7. The molecule has 1 saturated heterocycles. The maximum atomic E-state index is 14.4. The van der Waals surface area contributed by atoms with Gasteiger partial charge in [-0.2, -0.15) is 0 Å². The highest BCUT2D eigenvalue weighted by molar-refractivity contribution is 6.39. The van der Waals surface area contributed by atoms with Crippen molar-refractivity contribution in [2.45, 2.75) is 37.6 Å². The molecule has 2 atom stereocenters. The van der Waals surface area contributed by atoms with E-state index in [-0.39, 0.29) is 47.0 Å². The molecule has 0 aliphatic carbocycles. The molecule has 2 aromatic rings. The van der Waals surface area contributed by atoms with E-state index >= 15 is 0 Å². The number of nitro groups is 1. The smallest absolute Gasteiger partial charge is 0.328 e. The minimum atomic E-state index is -1.04. The number of esters is 1. The summed E-state index contributed by atoms with van der Waals surface area (Å²) >= 11 is 6.17. The van der Waals surface area contributed by atoms with Gasteiger partial charge in [-0.05, 0) is 55.5 Å². The number of nitro benzene ring substituents is 1. The van der Waals surface area contributed by atoms with Crippen molar-refractivity contribution in [2.75, 3.05) is 25.1 Å². The number of carbonyl (C=O) groups is 4. The number of amides is 2. The van der Waals surface area contributed by atoms with Crippen molar-refractivity contribution in [3.05, 3.63) is 68.5 Å². The van der Waals surface area contributed by atoms with E-state index in [4.69, 9.17) is 16.3 Å². The van der Waals surface area contributed by atoms with Gasteiger partial charge in [-0.15, -0.1) is 0 Å². The lowest BCUT2D eigenvalue weighted by molar-refractivity contribution is -0.384. The monoisotopic (exact) mass is 531 g/mol. The van der Waals surface area contributed by atoms with Gasteiger partial charge >= 0.3 is 5.97 Å². The van der Waals surface area contributed by atoms with E-state index in [2.05, 4.69) is 0 Å². The highest BCUT2D eigenvalue weighted by Gasteiger charge is 2.41. The lowest BCUT2D eigenvalue weighted by atomic mass is 9.89. The third-order valence-corrected chi connectivity index (χ3v) is 7.00. The Hall–Kier alpha value is -3.86. The second kappa shape index (κ2) is 10.6. The van der Waals surface area contributed by atoms with Crippen LogP contribution in [0.3, 0.4) is 0 Å². The van der Waals surface area contributed by atoms with Gasteiger partial charge in [0.05, 0.1) is 28.5 Å². The van der Waals surface area contributed by atoms with Gasteiger partial charge in [-0.3, -0.25) is 24.5 Å². The Morgan fingerprint density at radius 3 is 2.49 bits per heavy atom. The topological polar surface area (TPSA) is 127 Å². The fraction of sp³-hybridized carbons (Fsp3) is 0.360. The standard InChI is InChI=1S/C25H23ClFN3O7/c1-37-25(34)21-5-3-11-29(21)24(33)22(31)16-4-2-10-28(20-9-6-14(27)12-18(16)20)23(32)17-8-7-15(30(35)36)13-19(17)26/h6-9,12-13,16,21H,2-5,10-11H2,1H3/t16?,21-/m0/s1. The first-order chi connectivity index (χ1) is 17.6. The number of ketones is 1. The summed E-state index contributed by atoms with van der Waals surface area (Å²) in [5, 5.41) is 10.9. The van der Waals surface area contributed by atoms with Crippen LogP contribution < -0.4 is 4.90 Å². The maximum Gasteiger partial charge on any atom is 0.328 e. The van der Waals surface area contributed by atoms with Gasteiger partial charge in [0, 0.05) is 30.9 Å². The summed E-state index contributed by atoms with van der Waals surface area (Å²) in [7, 11) is 1.21. The van der Waals surface area contributed by atoms with Crippen molar-refractivity contribution in [1.82, 2.24) is 4.90 Å². The van der Waals surface area contributed by atoms with Gasteiger partial charge in [-0.1, -0.05) is 11.6 Å². The lowest BCUT2D eigenvalue weighted by Gasteiger charge is -2.26. The number of likely N-dealkylation sites (tertiary alicyclic amines) is 1. The van der Waals surface area contributed by atoms with Gasteiger partial charge in [-0.25, -0.2) is 9.18 Å². The molecule has 1 unspecified atom stereocenters. The third-order valence-electron chi connectivity index (χ3n) is 6.68. The van der Waals surface area contributed by atoms with Crippen molar-refractivity contribution < 1.29 is 33.2 Å². The molecule has 0 aromatic heterocycles. The van der Waals surface area contributed by atoms with Crippen LogP contribution in [-0.4, -0.2) is 59.6 Å². The van der Waals surface area contributed by atoms with Crippen molar-refractivity contribution in [1.29, 1.82) is 0 Å². The van der Waals surface area contributed by atoms with Gasteiger partial charge in [0.25, 0.3) is 17.5 Å². The molecule has 2 aliphatic heterocycles. The van der Waals surface area contributed by atoms with Crippen LogP contribution in [0, 0.1) is 15.9 Å². The largest absolute Gasteiger partial charge is 0.467 e. The summed E-state index contributed by atoms with van der Waals surface area (Å²) in [5.74, 6) is -4.54. The molecular formula is C25H23ClFN3O7. The molecule has 2 heterocycles. The van der Waals surface area contributed by atoms with Crippen molar-refractivity contribution >= 4 is 46.5 Å². The number of fused-ring (bicyclic) bond motifs is 1. The van der Waals surface area contributed by atoms with E-state index in [0.717, 1.165) is 24.3 Å². The molecule has 0 saturated carbocycles. The quantitative estimate of drug-likeness (QED) is 0.249. The number of carbonyl (C=O) groups excluding carboxylic acids is 4. The number of rotatable bonds is 5. The second-order valence-corrected chi connectivity index (χ2v) is 9.23. The molecule has 0 radical (unpaired) electrons. The predicted octanol–water partition coefficient (Wildman–Crippen LogP) is 3.64. The Labute approximate surface area is 216 Å². The zero-order valence-corrected chi connectivity index (χ0v) is 20.6. The minimum absolute atomic E-state index is 0.00128. The van der Waals surface area contributed by atoms with Gasteiger partial charge in [0.1, 0.15) is 11.9 Å². The molecule has 0 N–H and O–H groups in total. The van der Waals surface area contributed by atoms with E-state index < -0.39 is 46.3 Å². The number of halogens is 2. The first-order valence-corrected chi connectivity index (χ1v) is 12.0. The van der Waals surface area contributed by atoms with Crippen LogP contribution in [-0.2, 0) is 19.1 Å². The molecule has 0 bridgehead atoms. The Morgan fingerprint density at radius 2 is 1.81 bits per heavy atom. The predicted molar refractivity (Wildman–Crippen MR) is 130 cm³/mol. The number of benzene rings is 2. The first-order valence-electron chi connectivity index (χ1n) is 11.6. The number of hydrogen-bond donors (Lipinski definition) is 0. The fourth-order valence-electron chi connectivity index (χ4n) is 4.88. The number of ether oxygens (including phenoxy) is 1. The molecule has 12 heteroatoms. The lowest BCUT2D eigenvalue weighted by Crippen LogP contribution is -2.45. The van der Waals surface area contributed by atoms with E-state index in [0.29, 0.717) is 19.3 Å². The van der Waals surface area contributed by atoms with E-state index in [1.54, 1.807) is 0 Å². The Balaban J connectivity index is 1.68. The molecule has 4 rings (SSSR count). The Bertz CT molecular complexity index is 1300. The molecule has 37 heavy (non-hydrogen) atoms. The molecule has 1 fully saturated rings. The molecule has 194 valence electrons. The molecule has 2 aromatic carbocycles. The maximum absolute atomic E-state index is 14.4. The van der Waals surface area contributed by atoms with Crippen molar-refractivity contribution in [3.63, 3.8) is 0 Å². The number of nitrogens with zero attached hydrogens (tertiary/aromatic N) is 3. The normalized spacial score (nSPS) is 19.1. The van der Waals surface area contributed by atoms with Crippen molar-refractivity contribution in [3.8, 4) is 0 Å².